The monoisotopic (exact) mass is 261 g/mol. The molecule has 5 nitrogen and oxygen atoms in total. The lowest BCUT2D eigenvalue weighted by atomic mass is 9.96. The molecule has 2 aromatic rings. The van der Waals surface area contributed by atoms with E-state index in [1.807, 2.05) is 12.1 Å². The zero-order valence-corrected chi connectivity index (χ0v) is 11.4. The van der Waals surface area contributed by atoms with E-state index in [-0.39, 0.29) is 5.41 Å². The maximum absolute atomic E-state index is 5.17. The van der Waals surface area contributed by atoms with Crippen molar-refractivity contribution >= 4 is 18.4 Å². The molecule has 0 aromatic carbocycles. The second-order valence-electron chi connectivity index (χ2n) is 4.95. The molecule has 0 bridgehead atoms. The number of pyridine rings is 1. The van der Waals surface area contributed by atoms with E-state index in [4.69, 9.17) is 12.2 Å². The molecule has 18 heavy (non-hydrogen) atoms. The lowest BCUT2D eigenvalue weighted by Gasteiger charge is -2.15. The van der Waals surface area contributed by atoms with Gasteiger partial charge in [-0.15, -0.1) is 0 Å². The molecule has 0 atom stereocenters. The average molecular weight is 261 g/mol. The Balaban J connectivity index is 2.38. The summed E-state index contributed by atoms with van der Waals surface area (Å²) in [4.78, 5) is 4.03. The first-order chi connectivity index (χ1) is 8.48. The van der Waals surface area contributed by atoms with Gasteiger partial charge in [0.15, 0.2) is 5.82 Å². The molecule has 0 amide bonds. The van der Waals surface area contributed by atoms with Crippen molar-refractivity contribution in [3.05, 3.63) is 40.7 Å². The highest BCUT2D eigenvalue weighted by atomic mass is 32.1. The zero-order valence-electron chi connectivity index (χ0n) is 10.6. The van der Waals surface area contributed by atoms with Gasteiger partial charge >= 0.3 is 0 Å². The molecular formula is C12H15N5S. The molecule has 0 aliphatic rings. The molecule has 2 aromatic heterocycles. The molecule has 6 heteroatoms. The third kappa shape index (κ3) is 2.70. The second-order valence-corrected chi connectivity index (χ2v) is 5.33. The molecule has 0 saturated carbocycles. The van der Waals surface area contributed by atoms with E-state index < -0.39 is 0 Å². The van der Waals surface area contributed by atoms with Gasteiger partial charge in [0.25, 0.3) is 0 Å². The highest BCUT2D eigenvalue weighted by molar-refractivity contribution is 7.71. The number of hydrogen-bond donors (Lipinski definition) is 1. The Morgan fingerprint density at radius 2 is 2.22 bits per heavy atom. The maximum Gasteiger partial charge on any atom is 0.216 e. The van der Waals surface area contributed by atoms with E-state index in [9.17, 15) is 0 Å². The van der Waals surface area contributed by atoms with Crippen molar-refractivity contribution in [2.24, 2.45) is 5.10 Å². The summed E-state index contributed by atoms with van der Waals surface area (Å²) in [5, 5.41) is 11.3. The number of H-pyrrole nitrogens is 1. The molecule has 0 aliphatic carbocycles. The Morgan fingerprint density at radius 1 is 1.44 bits per heavy atom. The first-order valence-electron chi connectivity index (χ1n) is 5.61. The molecule has 0 aliphatic heterocycles. The Morgan fingerprint density at radius 3 is 2.83 bits per heavy atom. The van der Waals surface area contributed by atoms with Crippen LogP contribution in [0.25, 0.3) is 0 Å². The number of aromatic nitrogens is 4. The molecule has 2 heterocycles. The van der Waals surface area contributed by atoms with Crippen LogP contribution in [0.4, 0.5) is 0 Å². The van der Waals surface area contributed by atoms with Crippen LogP contribution in [0.3, 0.4) is 0 Å². The van der Waals surface area contributed by atoms with Crippen LogP contribution in [0.1, 0.15) is 32.2 Å². The third-order valence-electron chi connectivity index (χ3n) is 2.33. The van der Waals surface area contributed by atoms with Crippen molar-refractivity contribution in [1.29, 1.82) is 0 Å². The predicted molar refractivity (Wildman–Crippen MR) is 73.3 cm³/mol. The maximum atomic E-state index is 5.17. The van der Waals surface area contributed by atoms with Crippen LogP contribution >= 0.6 is 12.2 Å². The van der Waals surface area contributed by atoms with Crippen molar-refractivity contribution in [2.45, 2.75) is 26.2 Å². The van der Waals surface area contributed by atoms with E-state index in [0.29, 0.717) is 4.77 Å². The van der Waals surface area contributed by atoms with Gasteiger partial charge in [-0.1, -0.05) is 26.8 Å². The first kappa shape index (κ1) is 12.6. The van der Waals surface area contributed by atoms with Crippen LogP contribution in [0, 0.1) is 4.77 Å². The summed E-state index contributed by atoms with van der Waals surface area (Å²) in [6, 6.07) is 3.79. The van der Waals surface area contributed by atoms with Crippen molar-refractivity contribution in [3.63, 3.8) is 0 Å². The SMILES string of the molecule is CC(C)(C)c1n[nH]c(=S)n1/N=C\c1cccnc1. The molecule has 0 saturated heterocycles. The fraction of sp³-hybridized carbons (Fsp3) is 0.333. The highest BCUT2D eigenvalue weighted by Gasteiger charge is 2.21. The number of aromatic amines is 1. The minimum absolute atomic E-state index is 0.125. The Bertz CT molecular complexity index is 603. The summed E-state index contributed by atoms with van der Waals surface area (Å²) in [5.41, 5.74) is 0.792. The van der Waals surface area contributed by atoms with Gasteiger partial charge < -0.3 is 0 Å². The van der Waals surface area contributed by atoms with Crippen molar-refractivity contribution < 1.29 is 0 Å². The molecule has 2 rings (SSSR count). The van der Waals surface area contributed by atoms with Crippen molar-refractivity contribution in [3.8, 4) is 0 Å². The van der Waals surface area contributed by atoms with Crippen LogP contribution in [0.5, 0.6) is 0 Å². The Labute approximate surface area is 111 Å². The molecule has 0 fully saturated rings. The Kier molecular flexibility index (Phi) is 3.38. The van der Waals surface area contributed by atoms with Crippen molar-refractivity contribution in [1.82, 2.24) is 19.9 Å². The van der Waals surface area contributed by atoms with Crippen LogP contribution in [0.15, 0.2) is 29.6 Å². The normalized spacial score (nSPS) is 12.2. The van der Waals surface area contributed by atoms with Gasteiger partial charge in [0.1, 0.15) is 0 Å². The molecule has 1 N–H and O–H groups in total. The molecule has 0 spiro atoms. The largest absolute Gasteiger partial charge is 0.264 e. The Hall–Kier alpha value is -1.82. The summed E-state index contributed by atoms with van der Waals surface area (Å²) in [5.74, 6) is 0.799. The fourth-order valence-electron chi connectivity index (χ4n) is 1.46. The van der Waals surface area contributed by atoms with Gasteiger partial charge in [0.05, 0.1) is 6.21 Å². The van der Waals surface area contributed by atoms with Crippen LogP contribution in [0.2, 0.25) is 0 Å². The summed E-state index contributed by atoms with van der Waals surface area (Å²) >= 11 is 5.17. The predicted octanol–water partition coefficient (Wildman–Crippen LogP) is 2.52. The summed E-state index contributed by atoms with van der Waals surface area (Å²) in [7, 11) is 0. The van der Waals surface area contributed by atoms with E-state index in [1.54, 1.807) is 23.3 Å². The number of rotatable bonds is 2. The third-order valence-corrected chi connectivity index (χ3v) is 2.59. The number of nitrogens with zero attached hydrogens (tertiary/aromatic N) is 4. The topological polar surface area (TPSA) is 58.9 Å². The fourth-order valence-corrected chi connectivity index (χ4v) is 1.64. The van der Waals surface area contributed by atoms with Gasteiger partial charge in [-0.05, 0) is 18.3 Å². The van der Waals surface area contributed by atoms with E-state index in [2.05, 4.69) is 41.1 Å². The molecule has 0 radical (unpaired) electrons. The lowest BCUT2D eigenvalue weighted by molar-refractivity contribution is 0.516. The standard InChI is InChI=1S/C12H15N5S/c1-12(2,3)10-15-16-11(18)17(10)14-8-9-5-4-6-13-7-9/h4-8H,1-3H3,(H,16,18)/b14-8-. The van der Waals surface area contributed by atoms with Crippen LogP contribution < -0.4 is 0 Å². The first-order valence-corrected chi connectivity index (χ1v) is 6.01. The molecular weight excluding hydrogens is 246 g/mol. The molecule has 94 valence electrons. The van der Waals surface area contributed by atoms with Gasteiger partial charge in [0, 0.05) is 23.4 Å². The number of hydrogen-bond acceptors (Lipinski definition) is 4. The van der Waals surface area contributed by atoms with Gasteiger partial charge in [-0.2, -0.15) is 14.9 Å². The second kappa shape index (κ2) is 4.81. The summed E-state index contributed by atoms with van der Waals surface area (Å²) in [6.45, 7) is 6.19. The van der Waals surface area contributed by atoms with Crippen LogP contribution in [-0.4, -0.2) is 26.1 Å². The van der Waals surface area contributed by atoms with Crippen molar-refractivity contribution in [2.75, 3.05) is 0 Å². The van der Waals surface area contributed by atoms with E-state index in [1.165, 1.54) is 0 Å². The minimum Gasteiger partial charge on any atom is -0.264 e. The highest BCUT2D eigenvalue weighted by Crippen LogP contribution is 2.19. The van der Waals surface area contributed by atoms with E-state index in [0.717, 1.165) is 11.4 Å². The molecule has 0 unspecified atom stereocenters. The summed E-state index contributed by atoms with van der Waals surface area (Å²) in [6.07, 6.45) is 5.18. The zero-order chi connectivity index (χ0) is 13.2. The quantitative estimate of drug-likeness (QED) is 0.667. The van der Waals surface area contributed by atoms with Gasteiger partial charge in [-0.3, -0.25) is 10.1 Å². The average Bonchev–Trinajstić information content (AvgIpc) is 2.69. The summed E-state index contributed by atoms with van der Waals surface area (Å²) < 4.78 is 2.13. The minimum atomic E-state index is -0.125. The smallest absolute Gasteiger partial charge is 0.216 e. The number of nitrogens with one attached hydrogen (secondary N) is 1. The lowest BCUT2D eigenvalue weighted by Crippen LogP contribution is -2.17. The van der Waals surface area contributed by atoms with E-state index >= 15 is 0 Å². The van der Waals surface area contributed by atoms with Crippen LogP contribution in [-0.2, 0) is 5.41 Å². The van der Waals surface area contributed by atoms with Gasteiger partial charge in [-0.25, -0.2) is 0 Å². The van der Waals surface area contributed by atoms with Gasteiger partial charge in [0.2, 0.25) is 4.77 Å².